The fourth-order valence-electron chi connectivity index (χ4n) is 5.17. The Balaban J connectivity index is 0.00000121. The van der Waals surface area contributed by atoms with E-state index in [1.54, 1.807) is 0 Å². The Morgan fingerprint density at radius 2 is 2.08 bits per heavy atom. The zero-order valence-corrected chi connectivity index (χ0v) is 17.6. The lowest BCUT2D eigenvalue weighted by molar-refractivity contribution is -0.127. The Bertz CT molecular complexity index is 569. The molecule has 5 atom stereocenters. The van der Waals surface area contributed by atoms with Gasteiger partial charge in [0.05, 0.1) is 5.92 Å². The Morgan fingerprint density at radius 3 is 2.77 bits per heavy atom. The van der Waals surface area contributed by atoms with Gasteiger partial charge in [-0.1, -0.05) is 6.07 Å². The van der Waals surface area contributed by atoms with Gasteiger partial charge < -0.3 is 11.1 Å². The molecule has 2 aliphatic carbocycles. The number of nitrogens with zero attached hydrogens (tertiary/aromatic N) is 1. The SMILES string of the molecule is Cl.Cl.NC1C2CCC(C2)C1C(=O)NCC1CCCN(Cc2cccs2)C1. The van der Waals surface area contributed by atoms with Crippen LogP contribution >= 0.6 is 36.2 Å². The molecule has 2 heterocycles. The molecule has 0 radical (unpaired) electrons. The van der Waals surface area contributed by atoms with Gasteiger partial charge in [0.1, 0.15) is 0 Å². The first kappa shape index (κ1) is 22.0. The average Bonchev–Trinajstić information content (AvgIpc) is 3.30. The third-order valence-electron chi connectivity index (χ3n) is 6.41. The summed E-state index contributed by atoms with van der Waals surface area (Å²) in [5.74, 6) is 2.03. The quantitative estimate of drug-likeness (QED) is 0.769. The van der Waals surface area contributed by atoms with Crippen molar-refractivity contribution in [2.75, 3.05) is 19.6 Å². The second-order valence-electron chi connectivity index (χ2n) is 8.00. The Hall–Kier alpha value is -0.330. The summed E-state index contributed by atoms with van der Waals surface area (Å²) >= 11 is 1.83. The van der Waals surface area contributed by atoms with Gasteiger partial charge in [0.25, 0.3) is 0 Å². The topological polar surface area (TPSA) is 58.4 Å². The van der Waals surface area contributed by atoms with E-state index in [-0.39, 0.29) is 42.7 Å². The van der Waals surface area contributed by atoms with Crippen molar-refractivity contribution in [3.05, 3.63) is 22.4 Å². The van der Waals surface area contributed by atoms with Crippen LogP contribution in [0.5, 0.6) is 0 Å². The number of nitrogens with two attached hydrogens (primary N) is 1. The van der Waals surface area contributed by atoms with Crippen molar-refractivity contribution in [2.45, 2.75) is 44.7 Å². The molecule has 1 aromatic rings. The number of likely N-dealkylation sites (tertiary alicyclic amines) is 1. The van der Waals surface area contributed by atoms with Crippen LogP contribution in [0.15, 0.2) is 17.5 Å². The lowest BCUT2D eigenvalue weighted by atomic mass is 9.84. The lowest BCUT2D eigenvalue weighted by Gasteiger charge is -2.33. The Labute approximate surface area is 173 Å². The van der Waals surface area contributed by atoms with Crippen molar-refractivity contribution in [3.63, 3.8) is 0 Å². The summed E-state index contributed by atoms with van der Waals surface area (Å²) in [6.45, 7) is 4.15. The monoisotopic (exact) mass is 419 g/mol. The van der Waals surface area contributed by atoms with Gasteiger partial charge in [-0.15, -0.1) is 36.2 Å². The summed E-state index contributed by atoms with van der Waals surface area (Å²) in [4.78, 5) is 16.6. The molecule has 1 amide bonds. The highest BCUT2D eigenvalue weighted by Crippen LogP contribution is 2.47. The van der Waals surface area contributed by atoms with Gasteiger partial charge in [-0.3, -0.25) is 9.69 Å². The standard InChI is InChI=1S/C19H29N3OS.2ClH/c20-18-15-6-5-14(9-15)17(18)19(23)21-10-13-3-1-7-22(11-13)12-16-4-2-8-24-16;;/h2,4,8,13-15,17-18H,1,3,5-7,9-12,20H2,(H,21,23);2*1H. The van der Waals surface area contributed by atoms with Crippen LogP contribution in [-0.2, 0) is 11.3 Å². The summed E-state index contributed by atoms with van der Waals surface area (Å²) in [6.07, 6.45) is 6.07. The highest BCUT2D eigenvalue weighted by Gasteiger charge is 2.49. The summed E-state index contributed by atoms with van der Waals surface area (Å²) in [7, 11) is 0. The smallest absolute Gasteiger partial charge is 0.224 e. The molecule has 2 bridgehead atoms. The second-order valence-corrected chi connectivity index (χ2v) is 9.04. The number of halogens is 2. The molecule has 4 rings (SSSR count). The number of thiophene rings is 1. The summed E-state index contributed by atoms with van der Waals surface area (Å²) in [5, 5.41) is 5.39. The van der Waals surface area contributed by atoms with E-state index in [1.807, 2.05) is 11.3 Å². The predicted molar refractivity (Wildman–Crippen MR) is 112 cm³/mol. The van der Waals surface area contributed by atoms with Crippen molar-refractivity contribution < 1.29 is 4.79 Å². The molecular weight excluding hydrogens is 389 g/mol. The number of hydrogen-bond acceptors (Lipinski definition) is 4. The van der Waals surface area contributed by atoms with Crippen molar-refractivity contribution in [3.8, 4) is 0 Å². The van der Waals surface area contributed by atoms with E-state index in [2.05, 4.69) is 27.7 Å². The van der Waals surface area contributed by atoms with Crippen molar-refractivity contribution >= 4 is 42.1 Å². The van der Waals surface area contributed by atoms with E-state index in [9.17, 15) is 4.79 Å². The van der Waals surface area contributed by atoms with Crippen LogP contribution in [0.25, 0.3) is 0 Å². The van der Waals surface area contributed by atoms with Crippen molar-refractivity contribution in [1.82, 2.24) is 10.2 Å². The van der Waals surface area contributed by atoms with Crippen molar-refractivity contribution in [1.29, 1.82) is 0 Å². The minimum absolute atomic E-state index is 0. The number of piperidine rings is 1. The molecule has 0 spiro atoms. The van der Waals surface area contributed by atoms with Crippen LogP contribution < -0.4 is 11.1 Å². The highest BCUT2D eigenvalue weighted by molar-refractivity contribution is 7.09. The highest BCUT2D eigenvalue weighted by atomic mass is 35.5. The number of rotatable bonds is 5. The normalized spacial score (nSPS) is 33.3. The fraction of sp³-hybridized carbons (Fsp3) is 0.737. The maximum absolute atomic E-state index is 12.6. The number of carbonyl (C=O) groups is 1. The molecular formula is C19H31Cl2N3OS. The number of amides is 1. The van der Waals surface area contributed by atoms with Crippen LogP contribution in [0.4, 0.5) is 0 Å². The maximum Gasteiger partial charge on any atom is 0.224 e. The maximum atomic E-state index is 12.6. The Morgan fingerprint density at radius 1 is 1.27 bits per heavy atom. The van der Waals surface area contributed by atoms with E-state index in [0.717, 1.165) is 19.6 Å². The van der Waals surface area contributed by atoms with Gasteiger partial charge in [0, 0.05) is 30.6 Å². The summed E-state index contributed by atoms with van der Waals surface area (Å²) < 4.78 is 0. The van der Waals surface area contributed by atoms with Gasteiger partial charge in [0.2, 0.25) is 5.91 Å². The lowest BCUT2D eigenvalue weighted by Crippen LogP contribution is -2.47. The number of carbonyl (C=O) groups excluding carboxylic acids is 1. The van der Waals surface area contributed by atoms with Gasteiger partial charge in [-0.2, -0.15) is 0 Å². The van der Waals surface area contributed by atoms with E-state index >= 15 is 0 Å². The third-order valence-corrected chi connectivity index (χ3v) is 7.27. The fourth-order valence-corrected chi connectivity index (χ4v) is 5.92. The Kier molecular flexibility index (Phi) is 8.23. The van der Waals surface area contributed by atoms with Gasteiger partial charge in [-0.25, -0.2) is 0 Å². The van der Waals surface area contributed by atoms with Crippen molar-refractivity contribution in [2.24, 2.45) is 29.4 Å². The zero-order valence-electron chi connectivity index (χ0n) is 15.1. The van der Waals surface area contributed by atoms with E-state index in [0.29, 0.717) is 17.8 Å². The minimum Gasteiger partial charge on any atom is -0.355 e. The molecule has 3 aliphatic rings. The van der Waals surface area contributed by atoms with Gasteiger partial charge >= 0.3 is 0 Å². The molecule has 148 valence electrons. The molecule has 1 aliphatic heterocycles. The molecule has 3 N–H and O–H groups in total. The first-order chi connectivity index (χ1) is 11.7. The number of hydrogen-bond donors (Lipinski definition) is 2. The molecule has 5 unspecified atom stereocenters. The molecule has 3 fully saturated rings. The number of fused-ring (bicyclic) bond motifs is 2. The molecule has 7 heteroatoms. The first-order valence-electron chi connectivity index (χ1n) is 9.48. The van der Waals surface area contributed by atoms with Gasteiger partial charge in [-0.05, 0) is 67.8 Å². The summed E-state index contributed by atoms with van der Waals surface area (Å²) in [5.41, 5.74) is 6.30. The number of nitrogens with one attached hydrogen (secondary N) is 1. The first-order valence-corrected chi connectivity index (χ1v) is 10.4. The van der Waals surface area contributed by atoms with Crippen LogP contribution in [0.2, 0.25) is 0 Å². The summed E-state index contributed by atoms with van der Waals surface area (Å²) in [6, 6.07) is 4.44. The molecule has 2 saturated carbocycles. The predicted octanol–water partition coefficient (Wildman–Crippen LogP) is 3.29. The van der Waals surface area contributed by atoms with Crippen LogP contribution in [0.3, 0.4) is 0 Å². The molecule has 0 aromatic carbocycles. The van der Waals surface area contributed by atoms with Gasteiger partial charge in [0.15, 0.2) is 0 Å². The van der Waals surface area contributed by atoms with E-state index in [1.165, 1.54) is 43.5 Å². The minimum atomic E-state index is 0. The van der Waals surface area contributed by atoms with E-state index in [4.69, 9.17) is 5.73 Å². The van der Waals surface area contributed by atoms with E-state index < -0.39 is 0 Å². The van der Waals surface area contributed by atoms with Crippen LogP contribution in [0, 0.1) is 23.7 Å². The van der Waals surface area contributed by atoms with Crippen LogP contribution in [0.1, 0.15) is 37.0 Å². The molecule has 1 aromatic heterocycles. The molecule has 1 saturated heterocycles. The second kappa shape index (κ2) is 9.74. The molecule has 4 nitrogen and oxygen atoms in total. The largest absolute Gasteiger partial charge is 0.355 e. The molecule has 26 heavy (non-hydrogen) atoms. The third kappa shape index (κ3) is 4.74. The zero-order chi connectivity index (χ0) is 16.5. The van der Waals surface area contributed by atoms with Crippen LogP contribution in [-0.4, -0.2) is 36.5 Å². The average molecular weight is 420 g/mol.